The van der Waals surface area contributed by atoms with Gasteiger partial charge in [-0.05, 0) is 100 Å². The van der Waals surface area contributed by atoms with E-state index in [1.807, 2.05) is 13.8 Å². The summed E-state index contributed by atoms with van der Waals surface area (Å²) in [6, 6.07) is 42.9. The Morgan fingerprint density at radius 2 is 0.729 bits per heavy atom. The van der Waals surface area contributed by atoms with E-state index in [1.54, 1.807) is 0 Å². The normalized spacial score (nSPS) is 15.1. The highest BCUT2D eigenvalue weighted by atomic mass is 16.8. The Hall–Kier alpha value is -6.38. The highest BCUT2D eigenvalue weighted by Crippen LogP contribution is 2.43. The number of H-pyrrole nitrogens is 2. The second-order valence-electron chi connectivity index (χ2n) is 15.3. The van der Waals surface area contributed by atoms with E-state index in [1.165, 1.54) is 11.1 Å². The van der Waals surface area contributed by atoms with Crippen molar-refractivity contribution >= 4 is 34.2 Å². The van der Waals surface area contributed by atoms with Gasteiger partial charge in [-0.2, -0.15) is 0 Å². The maximum Gasteiger partial charge on any atom is 0.204 e. The van der Waals surface area contributed by atoms with E-state index >= 15 is 0 Å². The lowest BCUT2D eigenvalue weighted by Gasteiger charge is -2.30. The van der Waals surface area contributed by atoms with Gasteiger partial charge in [0.15, 0.2) is 0 Å². The predicted molar refractivity (Wildman–Crippen MR) is 240 cm³/mol. The second kappa shape index (κ2) is 16.1. The molecule has 7 aromatic rings. The Labute approximate surface area is 345 Å². The van der Waals surface area contributed by atoms with Crippen molar-refractivity contribution in [3.05, 3.63) is 166 Å². The largest absolute Gasteiger partial charge is 0.354 e. The van der Waals surface area contributed by atoms with Crippen molar-refractivity contribution in [2.24, 2.45) is 0 Å². The number of nitrogens with one attached hydrogen (secondary N) is 2. The molecule has 8 bridgehead atoms. The van der Waals surface area contributed by atoms with Crippen molar-refractivity contribution in [1.82, 2.24) is 19.9 Å². The molecule has 0 saturated heterocycles. The van der Waals surface area contributed by atoms with Gasteiger partial charge in [-0.1, -0.05) is 119 Å². The summed E-state index contributed by atoms with van der Waals surface area (Å²) in [5.74, 6) is 0. The Balaban J connectivity index is 1.52. The molecule has 0 spiro atoms. The maximum atomic E-state index is 6.91. The molecule has 294 valence electrons. The molecule has 2 aliphatic heterocycles. The summed E-state index contributed by atoms with van der Waals surface area (Å²) < 4.78 is 19.8. The van der Waals surface area contributed by atoms with E-state index < -0.39 is 12.6 Å². The van der Waals surface area contributed by atoms with Crippen LogP contribution in [0.15, 0.2) is 121 Å². The minimum atomic E-state index is -0.818. The first-order valence-corrected chi connectivity index (χ1v) is 20.4. The Morgan fingerprint density at radius 1 is 0.424 bits per heavy atom. The number of aromatic nitrogens is 4. The lowest BCUT2D eigenvalue weighted by molar-refractivity contribution is -0.261. The van der Waals surface area contributed by atoms with Crippen molar-refractivity contribution < 1.29 is 14.2 Å². The van der Waals surface area contributed by atoms with E-state index in [9.17, 15) is 0 Å². The molecule has 3 aromatic heterocycles. The zero-order chi connectivity index (χ0) is 40.6. The average molecular weight is 777 g/mol. The van der Waals surface area contributed by atoms with Crippen molar-refractivity contribution in [1.29, 1.82) is 0 Å². The van der Waals surface area contributed by atoms with Gasteiger partial charge >= 0.3 is 0 Å². The van der Waals surface area contributed by atoms with Gasteiger partial charge in [0.2, 0.25) is 12.6 Å². The van der Waals surface area contributed by atoms with Gasteiger partial charge in [-0.3, -0.25) is 0 Å². The molecule has 0 amide bonds. The molecule has 7 heteroatoms. The number of nitrogens with zero attached hydrogens (tertiary/aromatic N) is 2. The fourth-order valence-electron chi connectivity index (χ4n) is 8.02. The smallest absolute Gasteiger partial charge is 0.204 e. The van der Waals surface area contributed by atoms with Crippen LogP contribution in [-0.4, -0.2) is 33.1 Å². The van der Waals surface area contributed by atoms with Crippen LogP contribution in [0.4, 0.5) is 0 Å². The Kier molecular flexibility index (Phi) is 10.4. The predicted octanol–water partition coefficient (Wildman–Crippen LogP) is 13.2. The number of fused-ring (bicyclic) bond motifs is 8. The van der Waals surface area contributed by atoms with Crippen LogP contribution >= 0.6 is 0 Å². The summed E-state index contributed by atoms with van der Waals surface area (Å²) in [6.45, 7) is 13.2. The Bertz CT molecular complexity index is 2660. The van der Waals surface area contributed by atoms with E-state index in [0.29, 0.717) is 24.6 Å². The third-order valence-electron chi connectivity index (χ3n) is 11.0. The SMILES string of the molecule is CCO[C@@H]1O[C@@H](OCC)c2nc1c(-c1ccc(C)cc1)c1ccc([nH]1)c(-c1ccc(C)cc1)c1nc(c(-c3ccc(C)cc3)c3ccc([nH]3)c2-c2ccc(C)cc2)C=C1. The molecule has 0 saturated carbocycles. The number of rotatable bonds is 8. The second-order valence-corrected chi connectivity index (χ2v) is 15.3. The van der Waals surface area contributed by atoms with E-state index in [2.05, 4.69) is 171 Å². The van der Waals surface area contributed by atoms with Gasteiger partial charge < -0.3 is 24.2 Å². The summed E-state index contributed by atoms with van der Waals surface area (Å²) in [5, 5.41) is 0. The van der Waals surface area contributed by atoms with Gasteiger partial charge in [0.05, 0.1) is 11.4 Å². The highest BCUT2D eigenvalue weighted by Gasteiger charge is 2.33. The monoisotopic (exact) mass is 776 g/mol. The lowest BCUT2D eigenvalue weighted by Crippen LogP contribution is -2.24. The first-order valence-electron chi connectivity index (χ1n) is 20.4. The zero-order valence-corrected chi connectivity index (χ0v) is 34.4. The van der Waals surface area contributed by atoms with E-state index in [0.717, 1.165) is 89.1 Å². The minimum absolute atomic E-state index is 0.414. The molecule has 0 unspecified atom stereocenters. The topological polar surface area (TPSA) is 85.0 Å². The molecule has 2 N–H and O–H groups in total. The Morgan fingerprint density at radius 3 is 1.05 bits per heavy atom. The fourth-order valence-corrected chi connectivity index (χ4v) is 8.02. The van der Waals surface area contributed by atoms with E-state index in [-0.39, 0.29) is 0 Å². The standard InChI is InChI=1S/C52H48N4O3/c1-7-57-51-49-47(37-21-13-33(5)14-22-37)43-29-27-41(54-43)45(35-17-9-31(3)10-18-35)39-25-26-40(53-39)46(36-19-11-32(4)12-20-36)42-28-30-44(55-42)48(38-23-15-34(6)16-24-38)50(56-49)52(59-51)58-8-2/h9-30,51-52,54-55H,7-8H2,1-6H3/t51-,52-/m1/s1. The number of hydrogen-bond acceptors (Lipinski definition) is 5. The minimum Gasteiger partial charge on any atom is -0.354 e. The first kappa shape index (κ1) is 38.2. The third-order valence-corrected chi connectivity index (χ3v) is 11.0. The quantitative estimate of drug-likeness (QED) is 0.160. The molecule has 2 aliphatic rings. The van der Waals surface area contributed by atoms with Crippen LogP contribution in [0.3, 0.4) is 0 Å². The zero-order valence-electron chi connectivity index (χ0n) is 34.4. The number of aryl methyl sites for hydroxylation is 4. The van der Waals surface area contributed by atoms with Gasteiger partial charge in [0.1, 0.15) is 11.4 Å². The van der Waals surface area contributed by atoms with Crippen LogP contribution in [0.5, 0.6) is 0 Å². The molecule has 2 atom stereocenters. The molecule has 0 aliphatic carbocycles. The fraction of sp³-hybridized carbons (Fsp3) is 0.192. The maximum absolute atomic E-state index is 6.91. The molecule has 59 heavy (non-hydrogen) atoms. The first-order chi connectivity index (χ1) is 28.8. The average Bonchev–Trinajstić information content (AvgIpc) is 4.03. The van der Waals surface area contributed by atoms with Crippen LogP contribution in [0.2, 0.25) is 0 Å². The van der Waals surface area contributed by atoms with Crippen LogP contribution < -0.4 is 0 Å². The summed E-state index contributed by atoms with van der Waals surface area (Å²) in [6.07, 6.45) is 2.63. The number of ether oxygens (including phenoxy) is 3. The molecule has 4 aromatic carbocycles. The van der Waals surface area contributed by atoms with Crippen molar-refractivity contribution in [2.75, 3.05) is 13.2 Å². The van der Waals surface area contributed by atoms with Crippen LogP contribution in [-0.2, 0) is 14.2 Å². The van der Waals surface area contributed by atoms with Gasteiger partial charge in [-0.25, -0.2) is 9.97 Å². The van der Waals surface area contributed by atoms with Gasteiger partial charge in [-0.15, -0.1) is 0 Å². The van der Waals surface area contributed by atoms with Crippen molar-refractivity contribution in [3.63, 3.8) is 0 Å². The van der Waals surface area contributed by atoms with E-state index in [4.69, 9.17) is 24.2 Å². The lowest BCUT2D eigenvalue weighted by atomic mass is 9.99. The molecule has 0 fully saturated rings. The van der Waals surface area contributed by atoms with Crippen molar-refractivity contribution in [2.45, 2.75) is 54.1 Å². The van der Waals surface area contributed by atoms with Crippen LogP contribution in [0, 0.1) is 27.7 Å². The summed E-state index contributed by atoms with van der Waals surface area (Å²) in [5.41, 5.74) is 19.2. The number of benzene rings is 4. The van der Waals surface area contributed by atoms with Crippen LogP contribution in [0.25, 0.3) is 78.7 Å². The van der Waals surface area contributed by atoms with Gasteiger partial charge in [0, 0.05) is 57.5 Å². The molecular weight excluding hydrogens is 729 g/mol. The summed E-state index contributed by atoms with van der Waals surface area (Å²) in [7, 11) is 0. The number of hydrogen-bond donors (Lipinski definition) is 2. The molecule has 7 nitrogen and oxygen atoms in total. The molecular formula is C52H48N4O3. The molecule has 5 heterocycles. The molecule has 9 rings (SSSR count). The number of aromatic amines is 2. The summed E-state index contributed by atoms with van der Waals surface area (Å²) in [4.78, 5) is 18.8. The molecule has 0 radical (unpaired) electrons. The van der Waals surface area contributed by atoms with Gasteiger partial charge in [0.25, 0.3) is 0 Å². The summed E-state index contributed by atoms with van der Waals surface area (Å²) >= 11 is 0. The highest BCUT2D eigenvalue weighted by molar-refractivity contribution is 5.97. The van der Waals surface area contributed by atoms with Crippen LogP contribution in [0.1, 0.15) is 71.5 Å². The third kappa shape index (κ3) is 7.45. The van der Waals surface area contributed by atoms with Crippen molar-refractivity contribution in [3.8, 4) is 44.5 Å².